The largest absolute Gasteiger partial charge is 0.458 e. The number of hydrogen-bond acceptors (Lipinski definition) is 4. The number of nitrogens with one attached hydrogen (secondary N) is 1. The van der Waals surface area contributed by atoms with Gasteiger partial charge in [0.15, 0.2) is 0 Å². The van der Waals surface area contributed by atoms with Crippen LogP contribution in [-0.4, -0.2) is 23.5 Å². The van der Waals surface area contributed by atoms with E-state index in [4.69, 9.17) is 4.74 Å². The first kappa shape index (κ1) is 16.7. The Hall–Kier alpha value is -1.36. The Kier molecular flexibility index (Phi) is 5.74. The maximum atomic E-state index is 12.1. The highest BCUT2D eigenvalue weighted by molar-refractivity contribution is 7.10. The average Bonchev–Trinajstić information content (AvgIpc) is 2.75. The third kappa shape index (κ3) is 5.74. The number of ether oxygens (including phenoxy) is 1. The van der Waals surface area contributed by atoms with Gasteiger partial charge in [-0.2, -0.15) is 0 Å². The summed E-state index contributed by atoms with van der Waals surface area (Å²) in [6.07, 6.45) is 0.295. The minimum Gasteiger partial charge on any atom is -0.458 e. The van der Waals surface area contributed by atoms with Crippen molar-refractivity contribution in [1.29, 1.82) is 0 Å². The zero-order valence-corrected chi connectivity index (χ0v) is 13.5. The normalized spacial score (nSPS) is 13.1. The summed E-state index contributed by atoms with van der Waals surface area (Å²) in [5.41, 5.74) is -0.553. The summed E-state index contributed by atoms with van der Waals surface area (Å²) in [4.78, 5) is 25.1. The van der Waals surface area contributed by atoms with Crippen LogP contribution in [0.3, 0.4) is 0 Å². The van der Waals surface area contributed by atoms with Crippen LogP contribution in [0.1, 0.15) is 39.5 Å². The number of carbonyl (C=O) groups excluding carboxylic acids is 2. The highest BCUT2D eigenvalue weighted by Crippen LogP contribution is 2.13. The van der Waals surface area contributed by atoms with Crippen molar-refractivity contribution in [2.75, 3.05) is 0 Å². The van der Waals surface area contributed by atoms with Crippen molar-refractivity contribution in [3.63, 3.8) is 0 Å². The second kappa shape index (κ2) is 6.88. The molecule has 0 spiro atoms. The Labute approximate surface area is 124 Å². The molecule has 1 amide bonds. The van der Waals surface area contributed by atoms with Crippen molar-refractivity contribution >= 4 is 23.2 Å². The predicted octanol–water partition coefficient (Wildman–Crippen LogP) is 2.77. The van der Waals surface area contributed by atoms with Gasteiger partial charge in [0.2, 0.25) is 5.91 Å². The van der Waals surface area contributed by atoms with Gasteiger partial charge in [0.05, 0.1) is 6.42 Å². The maximum absolute atomic E-state index is 12.1. The third-order valence-electron chi connectivity index (χ3n) is 2.56. The van der Waals surface area contributed by atoms with Crippen LogP contribution < -0.4 is 5.32 Å². The van der Waals surface area contributed by atoms with Crippen LogP contribution in [0.15, 0.2) is 17.5 Å². The summed E-state index contributed by atoms with van der Waals surface area (Å²) < 4.78 is 5.35. The van der Waals surface area contributed by atoms with Crippen molar-refractivity contribution in [3.8, 4) is 0 Å². The van der Waals surface area contributed by atoms with Crippen LogP contribution >= 0.6 is 11.3 Å². The van der Waals surface area contributed by atoms with E-state index < -0.39 is 11.6 Å². The minimum absolute atomic E-state index is 0.0165. The summed E-state index contributed by atoms with van der Waals surface area (Å²) >= 11 is 1.53. The van der Waals surface area contributed by atoms with Crippen molar-refractivity contribution in [3.05, 3.63) is 22.4 Å². The lowest BCUT2D eigenvalue weighted by Crippen LogP contribution is -2.47. The predicted molar refractivity (Wildman–Crippen MR) is 80.6 cm³/mol. The molecule has 112 valence electrons. The molecular formula is C15H23NO3S. The maximum Gasteiger partial charge on any atom is 0.329 e. The lowest BCUT2D eigenvalue weighted by molar-refractivity contribution is -0.159. The van der Waals surface area contributed by atoms with Gasteiger partial charge in [-0.25, -0.2) is 4.79 Å². The molecular weight excluding hydrogens is 274 g/mol. The fourth-order valence-corrected chi connectivity index (χ4v) is 2.36. The molecule has 1 rings (SSSR count). The van der Waals surface area contributed by atoms with Crippen LogP contribution in [-0.2, 0) is 20.7 Å². The zero-order valence-electron chi connectivity index (χ0n) is 12.7. The van der Waals surface area contributed by atoms with Crippen LogP contribution in [0.25, 0.3) is 0 Å². The summed E-state index contributed by atoms with van der Waals surface area (Å²) in [5, 5.41) is 4.70. The van der Waals surface area contributed by atoms with Crippen LogP contribution in [0, 0.1) is 5.92 Å². The van der Waals surface area contributed by atoms with Crippen molar-refractivity contribution in [2.45, 2.75) is 52.7 Å². The van der Waals surface area contributed by atoms with Gasteiger partial charge in [-0.1, -0.05) is 19.9 Å². The molecule has 0 fully saturated rings. The van der Waals surface area contributed by atoms with Crippen LogP contribution in [0.5, 0.6) is 0 Å². The van der Waals surface area contributed by atoms with Crippen LogP contribution in [0.2, 0.25) is 0 Å². The molecule has 4 nitrogen and oxygen atoms in total. The quantitative estimate of drug-likeness (QED) is 0.850. The molecule has 0 radical (unpaired) electrons. The van der Waals surface area contributed by atoms with Crippen molar-refractivity contribution in [1.82, 2.24) is 5.32 Å². The topological polar surface area (TPSA) is 55.4 Å². The van der Waals surface area contributed by atoms with E-state index in [-0.39, 0.29) is 17.8 Å². The molecule has 0 aliphatic rings. The first-order valence-corrected chi connectivity index (χ1v) is 7.61. The molecule has 1 N–H and O–H groups in total. The number of amides is 1. The van der Waals surface area contributed by atoms with E-state index in [9.17, 15) is 9.59 Å². The molecule has 1 atom stereocenters. The van der Waals surface area contributed by atoms with E-state index >= 15 is 0 Å². The first-order chi connectivity index (χ1) is 9.19. The number of esters is 1. The summed E-state index contributed by atoms with van der Waals surface area (Å²) in [5.74, 6) is -0.554. The molecule has 0 aliphatic heterocycles. The molecule has 1 heterocycles. The van der Waals surface area contributed by atoms with Gasteiger partial charge in [0, 0.05) is 4.88 Å². The summed E-state index contributed by atoms with van der Waals surface area (Å²) in [6, 6.07) is 3.20. The SMILES string of the molecule is CC(C)[C@H](NC(=O)Cc1cccs1)C(=O)OC(C)(C)C. The second-order valence-electron chi connectivity index (χ2n) is 6.08. The Morgan fingerprint density at radius 1 is 1.35 bits per heavy atom. The molecule has 1 aromatic heterocycles. The molecule has 0 unspecified atom stereocenters. The van der Waals surface area contributed by atoms with Gasteiger partial charge in [0.25, 0.3) is 0 Å². The van der Waals surface area contributed by atoms with Gasteiger partial charge in [-0.05, 0) is 38.1 Å². The lowest BCUT2D eigenvalue weighted by Gasteiger charge is -2.26. The molecule has 0 aliphatic carbocycles. The smallest absolute Gasteiger partial charge is 0.329 e. The van der Waals surface area contributed by atoms with Gasteiger partial charge in [-0.3, -0.25) is 4.79 Å². The number of carbonyl (C=O) groups is 2. The van der Waals surface area contributed by atoms with Crippen molar-refractivity contribution in [2.24, 2.45) is 5.92 Å². The molecule has 20 heavy (non-hydrogen) atoms. The summed E-state index contributed by atoms with van der Waals surface area (Å²) in [6.45, 7) is 9.22. The van der Waals surface area contributed by atoms with Gasteiger partial charge >= 0.3 is 5.97 Å². The second-order valence-corrected chi connectivity index (χ2v) is 7.11. The Morgan fingerprint density at radius 2 is 2.00 bits per heavy atom. The Morgan fingerprint density at radius 3 is 2.45 bits per heavy atom. The number of rotatable bonds is 5. The van der Waals surface area contributed by atoms with Crippen LogP contribution in [0.4, 0.5) is 0 Å². The lowest BCUT2D eigenvalue weighted by atomic mass is 10.0. The average molecular weight is 297 g/mol. The zero-order chi connectivity index (χ0) is 15.3. The molecule has 0 aromatic carbocycles. The molecule has 0 saturated carbocycles. The highest BCUT2D eigenvalue weighted by Gasteiger charge is 2.29. The molecule has 1 aromatic rings. The van der Waals surface area contributed by atoms with E-state index in [1.807, 2.05) is 52.1 Å². The number of thiophene rings is 1. The number of hydrogen-bond donors (Lipinski definition) is 1. The Balaban J connectivity index is 2.63. The molecule has 5 heteroatoms. The van der Waals surface area contributed by atoms with Gasteiger partial charge < -0.3 is 10.1 Å². The van der Waals surface area contributed by atoms with E-state index in [0.717, 1.165) is 4.88 Å². The molecule has 0 saturated heterocycles. The van der Waals surface area contributed by atoms with Gasteiger partial charge in [0.1, 0.15) is 11.6 Å². The standard InChI is InChI=1S/C15H23NO3S/c1-10(2)13(14(18)19-15(3,4)5)16-12(17)9-11-7-6-8-20-11/h6-8,10,13H,9H2,1-5H3,(H,16,17)/t13-/m0/s1. The van der Waals surface area contributed by atoms with E-state index in [2.05, 4.69) is 5.32 Å². The van der Waals surface area contributed by atoms with Crippen molar-refractivity contribution < 1.29 is 14.3 Å². The fourth-order valence-electron chi connectivity index (χ4n) is 1.66. The van der Waals surface area contributed by atoms with E-state index in [1.54, 1.807) is 0 Å². The highest BCUT2D eigenvalue weighted by atomic mass is 32.1. The third-order valence-corrected chi connectivity index (χ3v) is 3.44. The van der Waals surface area contributed by atoms with Gasteiger partial charge in [-0.15, -0.1) is 11.3 Å². The molecule has 0 bridgehead atoms. The van der Waals surface area contributed by atoms with E-state index in [0.29, 0.717) is 6.42 Å². The fraction of sp³-hybridized carbons (Fsp3) is 0.600. The monoisotopic (exact) mass is 297 g/mol. The summed E-state index contributed by atoms with van der Waals surface area (Å²) in [7, 11) is 0. The first-order valence-electron chi connectivity index (χ1n) is 6.73. The Bertz CT molecular complexity index is 446. The minimum atomic E-state index is -0.610. The van der Waals surface area contributed by atoms with E-state index in [1.165, 1.54) is 11.3 Å².